The smallest absolute Gasteiger partial charge is 0.417 e. The van der Waals surface area contributed by atoms with Crippen molar-refractivity contribution >= 4 is 11.3 Å². The highest BCUT2D eigenvalue weighted by Crippen LogP contribution is 2.38. The van der Waals surface area contributed by atoms with E-state index in [1.807, 2.05) is 16.5 Å². The van der Waals surface area contributed by atoms with Crippen molar-refractivity contribution in [1.82, 2.24) is 34.9 Å². The number of nitrogens with one attached hydrogen (secondary N) is 1. The third-order valence-electron chi connectivity index (χ3n) is 7.83. The topological polar surface area (TPSA) is 118 Å². The van der Waals surface area contributed by atoms with Crippen molar-refractivity contribution in [1.29, 1.82) is 5.26 Å². The third kappa shape index (κ3) is 5.25. The lowest BCUT2D eigenvalue weighted by atomic mass is 10.1. The maximum absolute atomic E-state index is 13.7. The van der Waals surface area contributed by atoms with Crippen LogP contribution in [0.15, 0.2) is 30.7 Å². The molecule has 0 radical (unpaired) electrons. The molecule has 2 saturated heterocycles. The normalized spacial score (nSPS) is 17.4. The maximum Gasteiger partial charge on any atom is 0.417 e. The van der Waals surface area contributed by atoms with E-state index in [1.54, 1.807) is 19.2 Å². The number of aromatic nitrogens is 6. The monoisotopic (exact) mass is 581 g/mol. The van der Waals surface area contributed by atoms with E-state index < -0.39 is 17.8 Å². The number of piperidine rings is 1. The molecular weight excluding hydrogens is 551 g/mol. The molecule has 0 bridgehead atoms. The van der Waals surface area contributed by atoms with Gasteiger partial charge in [-0.1, -0.05) is 5.21 Å². The molecule has 2 aliphatic rings. The number of pyridine rings is 2. The van der Waals surface area contributed by atoms with Gasteiger partial charge in [-0.3, -0.25) is 0 Å². The van der Waals surface area contributed by atoms with Gasteiger partial charge in [0.1, 0.15) is 40.5 Å². The first-order valence-corrected chi connectivity index (χ1v) is 13.9. The Morgan fingerprint density at radius 2 is 1.93 bits per heavy atom. The molecule has 1 atom stereocenters. The number of halogens is 3. The Hall–Kier alpha value is -4.22. The molecule has 0 aliphatic carbocycles. The van der Waals surface area contributed by atoms with Crippen LogP contribution in [0.25, 0.3) is 16.8 Å². The molecule has 11 nitrogen and oxygen atoms in total. The van der Waals surface area contributed by atoms with E-state index in [1.165, 1.54) is 10.7 Å². The van der Waals surface area contributed by atoms with Crippen molar-refractivity contribution in [3.63, 3.8) is 0 Å². The largest absolute Gasteiger partial charge is 0.484 e. The predicted molar refractivity (Wildman–Crippen MR) is 146 cm³/mol. The molecule has 6 heterocycles. The average Bonchev–Trinajstić information content (AvgIpc) is 3.60. The van der Waals surface area contributed by atoms with Crippen LogP contribution < -0.4 is 15.0 Å². The summed E-state index contributed by atoms with van der Waals surface area (Å²) in [6.45, 7) is 7.31. The van der Waals surface area contributed by atoms with Gasteiger partial charge in [0.15, 0.2) is 0 Å². The van der Waals surface area contributed by atoms with Gasteiger partial charge in [-0.05, 0) is 51.9 Å². The van der Waals surface area contributed by atoms with Crippen molar-refractivity contribution in [2.75, 3.05) is 44.3 Å². The summed E-state index contributed by atoms with van der Waals surface area (Å²) in [6.07, 6.45) is 0.479. The summed E-state index contributed by atoms with van der Waals surface area (Å²) in [5.74, 6) is 0.691. The quantitative estimate of drug-likeness (QED) is 0.359. The highest BCUT2D eigenvalue weighted by Gasteiger charge is 2.34. The van der Waals surface area contributed by atoms with E-state index in [0.29, 0.717) is 48.9 Å². The van der Waals surface area contributed by atoms with Crippen LogP contribution in [0.4, 0.5) is 19.0 Å². The molecule has 6 rings (SSSR count). The van der Waals surface area contributed by atoms with Gasteiger partial charge >= 0.3 is 6.18 Å². The molecular formula is C28H30F3N9O2. The summed E-state index contributed by atoms with van der Waals surface area (Å²) in [5, 5.41) is 26.4. The molecule has 42 heavy (non-hydrogen) atoms. The number of hydrogen-bond donors (Lipinski definition) is 1. The summed E-state index contributed by atoms with van der Waals surface area (Å²) < 4.78 is 56.5. The second-order valence-electron chi connectivity index (χ2n) is 10.5. The van der Waals surface area contributed by atoms with Crippen molar-refractivity contribution in [3.05, 3.63) is 53.1 Å². The van der Waals surface area contributed by atoms with E-state index in [0.717, 1.165) is 43.9 Å². The molecule has 14 heteroatoms. The maximum atomic E-state index is 13.7. The van der Waals surface area contributed by atoms with E-state index in [4.69, 9.17) is 9.47 Å². The third-order valence-corrected chi connectivity index (χ3v) is 7.83. The van der Waals surface area contributed by atoms with Crippen LogP contribution in [0, 0.1) is 18.3 Å². The van der Waals surface area contributed by atoms with Crippen LogP contribution in [-0.2, 0) is 10.9 Å². The van der Waals surface area contributed by atoms with Gasteiger partial charge in [0.2, 0.25) is 0 Å². The summed E-state index contributed by atoms with van der Waals surface area (Å²) in [5.41, 5.74) is 2.27. The van der Waals surface area contributed by atoms with Gasteiger partial charge in [0, 0.05) is 36.6 Å². The standard InChI is InChI=1S/C28H30F3N9O2/c1-17-25(36-37-40(17)22-3-5-33-6-4-22)19-11-24(26-20(13-32)14-35-39(26)16-19)42-18(2)23-12-21(28(29,30)31)15-34-27(23)38-7-9-41-10-8-38/h11-12,14-16,18,22,33H,3-10H2,1-2H3. The summed E-state index contributed by atoms with van der Waals surface area (Å²) >= 11 is 0. The SMILES string of the molecule is Cc1c(-c2cc(OC(C)c3cc(C(F)(F)F)cnc3N3CCOCC3)c3c(C#N)cnn3c2)nnn1C1CCNCC1. The number of nitrogens with zero attached hydrogens (tertiary/aromatic N) is 8. The van der Waals surface area contributed by atoms with E-state index in [2.05, 4.69) is 31.8 Å². The Morgan fingerprint density at radius 1 is 1.17 bits per heavy atom. The zero-order valence-electron chi connectivity index (χ0n) is 23.2. The lowest BCUT2D eigenvalue weighted by molar-refractivity contribution is -0.137. The minimum Gasteiger partial charge on any atom is -0.484 e. The van der Waals surface area contributed by atoms with Crippen LogP contribution in [0.3, 0.4) is 0 Å². The molecule has 0 spiro atoms. The zero-order valence-corrected chi connectivity index (χ0v) is 23.2. The number of nitriles is 1. The van der Waals surface area contributed by atoms with Gasteiger partial charge in [-0.15, -0.1) is 5.10 Å². The Bertz CT molecular complexity index is 1630. The summed E-state index contributed by atoms with van der Waals surface area (Å²) in [6, 6.07) is 5.19. The number of morpholine rings is 1. The van der Waals surface area contributed by atoms with Crippen molar-refractivity contribution in [2.45, 2.75) is 45.0 Å². The van der Waals surface area contributed by atoms with E-state index in [9.17, 15) is 18.4 Å². The first kappa shape index (κ1) is 27.9. The molecule has 4 aromatic rings. The van der Waals surface area contributed by atoms with Crippen LogP contribution in [0.5, 0.6) is 5.75 Å². The number of fused-ring (bicyclic) bond motifs is 1. The minimum absolute atomic E-state index is 0.230. The highest BCUT2D eigenvalue weighted by molar-refractivity contribution is 5.75. The minimum atomic E-state index is -4.57. The van der Waals surface area contributed by atoms with Crippen molar-refractivity contribution in [3.8, 4) is 23.1 Å². The summed E-state index contributed by atoms with van der Waals surface area (Å²) in [7, 11) is 0. The fourth-order valence-electron chi connectivity index (χ4n) is 5.61. The molecule has 1 N–H and O–H groups in total. The number of anilines is 1. The van der Waals surface area contributed by atoms with Gasteiger partial charge in [-0.2, -0.15) is 23.5 Å². The van der Waals surface area contributed by atoms with Crippen molar-refractivity contribution < 1.29 is 22.6 Å². The number of ether oxygens (including phenoxy) is 2. The van der Waals surface area contributed by atoms with Gasteiger partial charge in [-0.25, -0.2) is 14.2 Å². The van der Waals surface area contributed by atoms with E-state index >= 15 is 0 Å². The van der Waals surface area contributed by atoms with Gasteiger partial charge in [0.05, 0.1) is 36.7 Å². The second kappa shape index (κ2) is 11.2. The molecule has 2 aliphatic heterocycles. The van der Waals surface area contributed by atoms with Crippen LogP contribution in [0.1, 0.15) is 54.3 Å². The lowest BCUT2D eigenvalue weighted by Crippen LogP contribution is -2.37. The second-order valence-corrected chi connectivity index (χ2v) is 10.5. The summed E-state index contributed by atoms with van der Waals surface area (Å²) in [4.78, 5) is 6.11. The lowest BCUT2D eigenvalue weighted by Gasteiger charge is -2.31. The first-order valence-electron chi connectivity index (χ1n) is 13.9. The zero-order chi connectivity index (χ0) is 29.4. The molecule has 0 saturated carbocycles. The van der Waals surface area contributed by atoms with E-state index in [-0.39, 0.29) is 22.9 Å². The molecule has 2 fully saturated rings. The van der Waals surface area contributed by atoms with Crippen LogP contribution >= 0.6 is 0 Å². The van der Waals surface area contributed by atoms with Crippen molar-refractivity contribution in [2.24, 2.45) is 0 Å². The Morgan fingerprint density at radius 3 is 2.64 bits per heavy atom. The fourth-order valence-corrected chi connectivity index (χ4v) is 5.61. The molecule has 0 amide bonds. The highest BCUT2D eigenvalue weighted by atomic mass is 19.4. The number of hydrogen-bond acceptors (Lipinski definition) is 9. The van der Waals surface area contributed by atoms with Crippen LogP contribution in [0.2, 0.25) is 0 Å². The molecule has 1 unspecified atom stereocenters. The molecule has 0 aromatic carbocycles. The van der Waals surface area contributed by atoms with Gasteiger partial charge < -0.3 is 19.7 Å². The van der Waals surface area contributed by atoms with Gasteiger partial charge in [0.25, 0.3) is 0 Å². The predicted octanol–water partition coefficient (Wildman–Crippen LogP) is 4.09. The number of alkyl halides is 3. The Balaban J connectivity index is 1.41. The Kier molecular flexibility index (Phi) is 7.46. The van der Waals surface area contributed by atoms with Crippen LogP contribution in [-0.4, -0.2) is 69.0 Å². The Labute approximate surface area is 239 Å². The molecule has 4 aromatic heterocycles. The average molecular weight is 582 g/mol. The first-order chi connectivity index (χ1) is 20.2. The molecule has 220 valence electrons. The fraction of sp³-hybridized carbons (Fsp3) is 0.464. The number of rotatable bonds is 6.